The van der Waals surface area contributed by atoms with Crippen molar-refractivity contribution in [2.24, 2.45) is 0 Å². The molecule has 1 saturated heterocycles. The average molecular weight is 222 g/mol. The minimum Gasteiger partial charge on any atom is -0.485 e. The van der Waals surface area contributed by atoms with Crippen molar-refractivity contribution in [2.75, 3.05) is 13.1 Å². The van der Waals surface area contributed by atoms with Gasteiger partial charge in [0.25, 0.3) is 5.88 Å². The van der Waals surface area contributed by atoms with Gasteiger partial charge in [-0.05, 0) is 38.9 Å². The highest BCUT2D eigenvalue weighted by Gasteiger charge is 2.18. The predicted molar refractivity (Wildman–Crippen MR) is 61.9 cm³/mol. The lowest BCUT2D eigenvalue weighted by Crippen LogP contribution is -2.20. The third-order valence-corrected chi connectivity index (χ3v) is 2.39. The van der Waals surface area contributed by atoms with Crippen LogP contribution in [-0.4, -0.2) is 30.3 Å². The van der Waals surface area contributed by atoms with E-state index in [-0.39, 0.29) is 12.2 Å². The van der Waals surface area contributed by atoms with Crippen molar-refractivity contribution in [1.82, 2.24) is 10.3 Å². The van der Waals surface area contributed by atoms with Crippen LogP contribution in [-0.2, 0) is 0 Å². The van der Waals surface area contributed by atoms with Gasteiger partial charge in [-0.25, -0.2) is 4.98 Å². The molecule has 88 valence electrons. The SMILES string of the molecule is CC(C)Oc1cccnc1OC1CCNC1. The number of hydrogen-bond acceptors (Lipinski definition) is 4. The molecule has 0 amide bonds. The zero-order chi connectivity index (χ0) is 11.4. The maximum atomic E-state index is 5.81. The van der Waals surface area contributed by atoms with Gasteiger partial charge >= 0.3 is 0 Å². The second-order valence-electron chi connectivity index (χ2n) is 4.21. The molecule has 0 bridgehead atoms. The molecule has 0 aromatic carbocycles. The molecule has 1 aromatic rings. The maximum Gasteiger partial charge on any atom is 0.257 e. The normalized spacial score (nSPS) is 20.1. The fourth-order valence-corrected chi connectivity index (χ4v) is 1.69. The van der Waals surface area contributed by atoms with Gasteiger partial charge in [0, 0.05) is 12.7 Å². The Morgan fingerprint density at radius 3 is 3.06 bits per heavy atom. The first-order valence-corrected chi connectivity index (χ1v) is 5.75. The van der Waals surface area contributed by atoms with Gasteiger partial charge in [-0.3, -0.25) is 0 Å². The Morgan fingerprint density at radius 1 is 1.50 bits per heavy atom. The Labute approximate surface area is 96.0 Å². The maximum absolute atomic E-state index is 5.81. The van der Waals surface area contributed by atoms with E-state index in [0.29, 0.717) is 5.88 Å². The van der Waals surface area contributed by atoms with Crippen LogP contribution in [0.3, 0.4) is 0 Å². The van der Waals surface area contributed by atoms with Crippen molar-refractivity contribution in [2.45, 2.75) is 32.5 Å². The summed E-state index contributed by atoms with van der Waals surface area (Å²) in [4.78, 5) is 4.22. The predicted octanol–water partition coefficient (Wildman–Crippen LogP) is 1.61. The molecule has 0 saturated carbocycles. The number of hydrogen-bond donors (Lipinski definition) is 1. The van der Waals surface area contributed by atoms with E-state index in [1.165, 1.54) is 0 Å². The zero-order valence-electron chi connectivity index (χ0n) is 9.77. The molecule has 1 aliphatic rings. The Kier molecular flexibility index (Phi) is 3.62. The number of nitrogens with zero attached hydrogens (tertiary/aromatic N) is 1. The van der Waals surface area contributed by atoms with Gasteiger partial charge in [0.05, 0.1) is 6.10 Å². The number of nitrogens with one attached hydrogen (secondary N) is 1. The van der Waals surface area contributed by atoms with E-state index in [0.717, 1.165) is 25.3 Å². The van der Waals surface area contributed by atoms with Crippen LogP contribution in [0, 0.1) is 0 Å². The van der Waals surface area contributed by atoms with Crippen molar-refractivity contribution < 1.29 is 9.47 Å². The summed E-state index contributed by atoms with van der Waals surface area (Å²) in [6.45, 7) is 5.89. The van der Waals surface area contributed by atoms with Crippen LogP contribution >= 0.6 is 0 Å². The Morgan fingerprint density at radius 2 is 2.38 bits per heavy atom. The van der Waals surface area contributed by atoms with Gasteiger partial charge in [-0.1, -0.05) is 0 Å². The fraction of sp³-hybridized carbons (Fsp3) is 0.583. The Balaban J connectivity index is 2.06. The highest BCUT2D eigenvalue weighted by molar-refractivity contribution is 5.32. The summed E-state index contributed by atoms with van der Waals surface area (Å²) in [6.07, 6.45) is 3.10. The van der Waals surface area contributed by atoms with Crippen molar-refractivity contribution in [3.05, 3.63) is 18.3 Å². The van der Waals surface area contributed by atoms with Crippen LogP contribution in [0.1, 0.15) is 20.3 Å². The third kappa shape index (κ3) is 2.85. The quantitative estimate of drug-likeness (QED) is 0.840. The summed E-state index contributed by atoms with van der Waals surface area (Å²) >= 11 is 0. The van der Waals surface area contributed by atoms with Gasteiger partial charge < -0.3 is 14.8 Å². The highest BCUT2D eigenvalue weighted by atomic mass is 16.5. The summed E-state index contributed by atoms with van der Waals surface area (Å²) in [5.41, 5.74) is 0. The molecule has 0 radical (unpaired) electrons. The number of pyridine rings is 1. The van der Waals surface area contributed by atoms with Gasteiger partial charge in [-0.2, -0.15) is 0 Å². The highest BCUT2D eigenvalue weighted by Crippen LogP contribution is 2.26. The smallest absolute Gasteiger partial charge is 0.257 e. The standard InChI is InChI=1S/C12H18N2O2/c1-9(2)15-11-4-3-6-14-12(11)16-10-5-7-13-8-10/h3-4,6,9-10,13H,5,7-8H2,1-2H3. The van der Waals surface area contributed by atoms with E-state index in [1.807, 2.05) is 26.0 Å². The minimum atomic E-state index is 0.133. The molecule has 1 N–H and O–H groups in total. The molecular weight excluding hydrogens is 204 g/mol. The van der Waals surface area contributed by atoms with Gasteiger partial charge in [0.2, 0.25) is 0 Å². The van der Waals surface area contributed by atoms with Gasteiger partial charge in [-0.15, -0.1) is 0 Å². The van der Waals surface area contributed by atoms with Crippen molar-refractivity contribution in [1.29, 1.82) is 0 Å². The van der Waals surface area contributed by atoms with Crippen LogP contribution in [0.25, 0.3) is 0 Å². The third-order valence-electron chi connectivity index (χ3n) is 2.39. The summed E-state index contributed by atoms with van der Waals surface area (Å²) < 4.78 is 11.5. The first-order valence-electron chi connectivity index (χ1n) is 5.75. The summed E-state index contributed by atoms with van der Waals surface area (Å²) in [6, 6.07) is 3.75. The van der Waals surface area contributed by atoms with Crippen LogP contribution in [0.2, 0.25) is 0 Å². The van der Waals surface area contributed by atoms with E-state index in [2.05, 4.69) is 10.3 Å². The molecule has 4 heteroatoms. The number of ether oxygens (including phenoxy) is 2. The first kappa shape index (κ1) is 11.2. The largest absolute Gasteiger partial charge is 0.485 e. The molecule has 1 aromatic heterocycles. The van der Waals surface area contributed by atoms with E-state index in [4.69, 9.17) is 9.47 Å². The van der Waals surface area contributed by atoms with Crippen molar-refractivity contribution in [3.8, 4) is 11.6 Å². The van der Waals surface area contributed by atoms with Crippen molar-refractivity contribution in [3.63, 3.8) is 0 Å². The molecule has 2 rings (SSSR count). The molecule has 4 nitrogen and oxygen atoms in total. The summed E-state index contributed by atoms with van der Waals surface area (Å²) in [5.74, 6) is 1.33. The second kappa shape index (κ2) is 5.16. The average Bonchev–Trinajstić information content (AvgIpc) is 2.73. The molecule has 1 fully saturated rings. The van der Waals surface area contributed by atoms with E-state index in [9.17, 15) is 0 Å². The molecule has 16 heavy (non-hydrogen) atoms. The molecule has 1 atom stereocenters. The van der Waals surface area contributed by atoms with E-state index >= 15 is 0 Å². The lowest BCUT2D eigenvalue weighted by Gasteiger charge is -2.16. The lowest BCUT2D eigenvalue weighted by molar-refractivity contribution is 0.182. The van der Waals surface area contributed by atoms with Gasteiger partial charge in [0.15, 0.2) is 5.75 Å². The lowest BCUT2D eigenvalue weighted by atomic mass is 10.3. The second-order valence-corrected chi connectivity index (χ2v) is 4.21. The first-order chi connectivity index (χ1) is 7.75. The van der Waals surface area contributed by atoms with E-state index in [1.54, 1.807) is 6.20 Å². The monoisotopic (exact) mass is 222 g/mol. The fourth-order valence-electron chi connectivity index (χ4n) is 1.69. The molecule has 0 aliphatic carbocycles. The molecule has 2 heterocycles. The Bertz CT molecular complexity index is 336. The van der Waals surface area contributed by atoms with Crippen LogP contribution in [0.4, 0.5) is 0 Å². The Hall–Kier alpha value is -1.29. The van der Waals surface area contributed by atoms with Crippen LogP contribution < -0.4 is 14.8 Å². The molecule has 0 spiro atoms. The molecule has 1 unspecified atom stereocenters. The summed E-state index contributed by atoms with van der Waals surface area (Å²) in [7, 11) is 0. The zero-order valence-corrected chi connectivity index (χ0v) is 9.77. The summed E-state index contributed by atoms with van der Waals surface area (Å²) in [5, 5.41) is 3.26. The minimum absolute atomic E-state index is 0.133. The van der Waals surface area contributed by atoms with Crippen LogP contribution in [0.15, 0.2) is 18.3 Å². The number of rotatable bonds is 4. The van der Waals surface area contributed by atoms with Crippen molar-refractivity contribution >= 4 is 0 Å². The number of aromatic nitrogens is 1. The van der Waals surface area contributed by atoms with Gasteiger partial charge in [0.1, 0.15) is 6.10 Å². The molecule has 1 aliphatic heterocycles. The molecular formula is C12H18N2O2. The van der Waals surface area contributed by atoms with E-state index < -0.39 is 0 Å². The van der Waals surface area contributed by atoms with Crippen LogP contribution in [0.5, 0.6) is 11.6 Å². The topological polar surface area (TPSA) is 43.4 Å².